The van der Waals surface area contributed by atoms with Crippen molar-refractivity contribution in [1.82, 2.24) is 5.32 Å². The van der Waals surface area contributed by atoms with Gasteiger partial charge < -0.3 is 16.2 Å². The van der Waals surface area contributed by atoms with Crippen LogP contribution < -0.4 is 11.1 Å². The normalized spacial score (nSPS) is 21.1. The van der Waals surface area contributed by atoms with E-state index in [1.807, 2.05) is 11.8 Å². The summed E-state index contributed by atoms with van der Waals surface area (Å²) in [6, 6.07) is -0.781. The quantitative estimate of drug-likeness (QED) is 0.578. The predicted molar refractivity (Wildman–Crippen MR) is 67.9 cm³/mol. The molecule has 0 aromatic rings. The van der Waals surface area contributed by atoms with Crippen molar-refractivity contribution in [3.8, 4) is 0 Å². The van der Waals surface area contributed by atoms with Crippen LogP contribution in [0.3, 0.4) is 0 Å². The van der Waals surface area contributed by atoms with Crippen LogP contribution in [0.2, 0.25) is 0 Å². The number of thioether (sulfide) groups is 1. The highest BCUT2D eigenvalue weighted by Crippen LogP contribution is 2.23. The first kappa shape index (κ1) is 14.3. The van der Waals surface area contributed by atoms with Gasteiger partial charge in [0.25, 0.3) is 0 Å². The third-order valence-corrected chi connectivity index (χ3v) is 4.02. The molecule has 0 saturated carbocycles. The zero-order chi connectivity index (χ0) is 12.7. The largest absolute Gasteiger partial charge is 0.480 e. The molecule has 0 radical (unpaired) electrons. The van der Waals surface area contributed by atoms with Crippen molar-refractivity contribution in [2.45, 2.75) is 31.7 Å². The van der Waals surface area contributed by atoms with Crippen LogP contribution >= 0.6 is 11.8 Å². The van der Waals surface area contributed by atoms with Crippen molar-refractivity contribution in [3.05, 3.63) is 0 Å². The Labute approximate surface area is 106 Å². The molecular weight excluding hydrogens is 240 g/mol. The Morgan fingerprint density at radius 2 is 2.24 bits per heavy atom. The number of carbonyl (C=O) groups excluding carboxylic acids is 1. The van der Waals surface area contributed by atoms with Gasteiger partial charge in [0.2, 0.25) is 5.91 Å². The molecule has 1 aliphatic heterocycles. The molecule has 98 valence electrons. The van der Waals surface area contributed by atoms with Gasteiger partial charge in [0, 0.05) is 18.2 Å². The summed E-state index contributed by atoms with van der Waals surface area (Å²) in [5.74, 6) is 1.34. The van der Waals surface area contributed by atoms with Crippen LogP contribution in [-0.4, -0.2) is 41.1 Å². The Hall–Kier alpha value is -0.750. The number of carboxylic acid groups (broad SMARTS) is 1. The van der Waals surface area contributed by atoms with Crippen molar-refractivity contribution >= 4 is 23.6 Å². The minimum atomic E-state index is -0.961. The van der Waals surface area contributed by atoms with Crippen LogP contribution in [0.15, 0.2) is 0 Å². The third-order valence-electron chi connectivity index (χ3n) is 2.86. The summed E-state index contributed by atoms with van der Waals surface area (Å²) in [5, 5.41) is 11.5. The molecule has 17 heavy (non-hydrogen) atoms. The fraction of sp³-hybridized carbons (Fsp3) is 0.818. The maximum atomic E-state index is 11.6. The molecule has 0 aromatic carbocycles. The summed E-state index contributed by atoms with van der Waals surface area (Å²) < 4.78 is 0. The second-order valence-electron chi connectivity index (χ2n) is 4.29. The lowest BCUT2D eigenvalue weighted by atomic mass is 10.1. The molecule has 0 aromatic heterocycles. The molecule has 1 saturated heterocycles. The monoisotopic (exact) mass is 260 g/mol. The van der Waals surface area contributed by atoms with Gasteiger partial charge >= 0.3 is 5.97 Å². The number of nitrogens with one attached hydrogen (secondary N) is 1. The van der Waals surface area contributed by atoms with Crippen molar-refractivity contribution in [3.63, 3.8) is 0 Å². The van der Waals surface area contributed by atoms with Crippen LogP contribution in [0.25, 0.3) is 0 Å². The second kappa shape index (κ2) is 7.55. The first-order chi connectivity index (χ1) is 8.11. The standard InChI is InChI=1S/C11H20N2O3S/c12-9(11(15)16)3-1-2-5-13-10(14)8-4-6-17-7-8/h8-9H,1-7,12H2,(H,13,14)(H,15,16)/t8-,9-/m0/s1. The Morgan fingerprint density at radius 3 is 2.82 bits per heavy atom. The highest BCUT2D eigenvalue weighted by atomic mass is 32.2. The maximum absolute atomic E-state index is 11.6. The molecule has 6 heteroatoms. The number of nitrogens with two attached hydrogens (primary N) is 1. The molecule has 1 heterocycles. The zero-order valence-corrected chi connectivity index (χ0v) is 10.7. The van der Waals surface area contributed by atoms with E-state index in [9.17, 15) is 9.59 Å². The minimum Gasteiger partial charge on any atom is -0.480 e. The van der Waals surface area contributed by atoms with Gasteiger partial charge in [0.15, 0.2) is 0 Å². The minimum absolute atomic E-state index is 0.137. The average molecular weight is 260 g/mol. The first-order valence-corrected chi connectivity index (χ1v) is 7.10. The van der Waals surface area contributed by atoms with Gasteiger partial charge in [-0.1, -0.05) is 0 Å². The van der Waals surface area contributed by atoms with E-state index in [0.717, 1.165) is 30.8 Å². The number of carboxylic acids is 1. The number of unbranched alkanes of at least 4 members (excludes halogenated alkanes) is 1. The highest BCUT2D eigenvalue weighted by molar-refractivity contribution is 7.99. The maximum Gasteiger partial charge on any atom is 0.320 e. The first-order valence-electron chi connectivity index (χ1n) is 5.95. The molecule has 1 fully saturated rings. The summed E-state index contributed by atoms with van der Waals surface area (Å²) in [6.45, 7) is 0.617. The Balaban J connectivity index is 2.00. The number of rotatable bonds is 7. The van der Waals surface area contributed by atoms with Gasteiger partial charge in [-0.2, -0.15) is 11.8 Å². The van der Waals surface area contributed by atoms with E-state index in [4.69, 9.17) is 10.8 Å². The topological polar surface area (TPSA) is 92.4 Å². The van der Waals surface area contributed by atoms with Gasteiger partial charge in [0.1, 0.15) is 6.04 Å². The molecule has 1 amide bonds. The molecular formula is C11H20N2O3S. The van der Waals surface area contributed by atoms with Gasteiger partial charge in [0.05, 0.1) is 0 Å². The van der Waals surface area contributed by atoms with Crippen molar-refractivity contribution in [2.75, 3.05) is 18.1 Å². The Morgan fingerprint density at radius 1 is 1.47 bits per heavy atom. The number of aliphatic carboxylic acids is 1. The summed E-state index contributed by atoms with van der Waals surface area (Å²) in [6.07, 6.45) is 2.95. The third kappa shape index (κ3) is 5.41. The van der Waals surface area contributed by atoms with Gasteiger partial charge in [-0.3, -0.25) is 9.59 Å². The van der Waals surface area contributed by atoms with Crippen LogP contribution in [0.4, 0.5) is 0 Å². The fourth-order valence-electron chi connectivity index (χ4n) is 1.71. The summed E-state index contributed by atoms with van der Waals surface area (Å²) in [4.78, 5) is 22.1. The van der Waals surface area contributed by atoms with Crippen molar-refractivity contribution in [2.24, 2.45) is 11.7 Å². The zero-order valence-electron chi connectivity index (χ0n) is 9.85. The number of carbonyl (C=O) groups is 2. The lowest BCUT2D eigenvalue weighted by molar-refractivity contribution is -0.138. The van der Waals surface area contributed by atoms with E-state index in [1.165, 1.54) is 0 Å². The predicted octanol–water partition coefficient (Wildman–Crippen LogP) is 0.438. The van der Waals surface area contributed by atoms with Crippen LogP contribution in [-0.2, 0) is 9.59 Å². The molecule has 2 atom stereocenters. The van der Waals surface area contributed by atoms with Crippen molar-refractivity contribution < 1.29 is 14.7 Å². The molecule has 4 N–H and O–H groups in total. The molecule has 1 rings (SSSR count). The van der Waals surface area contributed by atoms with Gasteiger partial charge in [-0.05, 0) is 31.4 Å². The van der Waals surface area contributed by atoms with E-state index < -0.39 is 12.0 Å². The molecule has 0 bridgehead atoms. The van der Waals surface area contributed by atoms with E-state index in [-0.39, 0.29) is 11.8 Å². The van der Waals surface area contributed by atoms with E-state index in [0.29, 0.717) is 13.0 Å². The van der Waals surface area contributed by atoms with Crippen LogP contribution in [0, 0.1) is 5.92 Å². The number of amides is 1. The summed E-state index contributed by atoms with van der Waals surface area (Å²) >= 11 is 1.82. The lowest BCUT2D eigenvalue weighted by Gasteiger charge is -2.10. The Bertz CT molecular complexity index is 267. The molecule has 1 aliphatic rings. The van der Waals surface area contributed by atoms with Gasteiger partial charge in [-0.25, -0.2) is 0 Å². The van der Waals surface area contributed by atoms with E-state index in [1.54, 1.807) is 0 Å². The lowest BCUT2D eigenvalue weighted by Crippen LogP contribution is -2.32. The molecule has 0 spiro atoms. The van der Waals surface area contributed by atoms with E-state index >= 15 is 0 Å². The smallest absolute Gasteiger partial charge is 0.320 e. The molecule has 5 nitrogen and oxygen atoms in total. The highest BCUT2D eigenvalue weighted by Gasteiger charge is 2.22. The van der Waals surface area contributed by atoms with Gasteiger partial charge in [-0.15, -0.1) is 0 Å². The molecule has 0 aliphatic carbocycles. The molecule has 0 unspecified atom stereocenters. The SMILES string of the molecule is N[C@@H](CCCCNC(=O)[C@H]1CCSC1)C(=O)O. The summed E-state index contributed by atoms with van der Waals surface area (Å²) in [5.41, 5.74) is 5.37. The number of hydrogen-bond donors (Lipinski definition) is 3. The van der Waals surface area contributed by atoms with Crippen LogP contribution in [0.5, 0.6) is 0 Å². The summed E-state index contributed by atoms with van der Waals surface area (Å²) in [7, 11) is 0. The number of hydrogen-bond acceptors (Lipinski definition) is 4. The van der Waals surface area contributed by atoms with Crippen molar-refractivity contribution in [1.29, 1.82) is 0 Å². The average Bonchev–Trinajstić information content (AvgIpc) is 2.81. The fourth-order valence-corrected chi connectivity index (χ4v) is 2.93. The Kier molecular flexibility index (Phi) is 6.36. The van der Waals surface area contributed by atoms with E-state index in [2.05, 4.69) is 5.32 Å². The second-order valence-corrected chi connectivity index (χ2v) is 5.44. The van der Waals surface area contributed by atoms with Crippen LogP contribution in [0.1, 0.15) is 25.7 Å².